The second kappa shape index (κ2) is 7.24. The molecule has 0 aromatic carbocycles. The largest absolute Gasteiger partial charge is 0.434 e. The summed E-state index contributed by atoms with van der Waals surface area (Å²) in [6.45, 7) is 3.44. The summed E-state index contributed by atoms with van der Waals surface area (Å²) in [5.74, 6) is -0.391. The van der Waals surface area contributed by atoms with Crippen molar-refractivity contribution < 1.29 is 18.0 Å². The molecular weight excluding hydrogens is 315 g/mol. The van der Waals surface area contributed by atoms with Gasteiger partial charge in [-0.2, -0.15) is 13.2 Å². The first kappa shape index (κ1) is 19.1. The molecule has 0 bridgehead atoms. The number of alkyl halides is 3. The van der Waals surface area contributed by atoms with Gasteiger partial charge < -0.3 is 11.1 Å². The number of hydrogen-bond acceptors (Lipinski definition) is 4. The van der Waals surface area contributed by atoms with E-state index in [1.165, 1.54) is 0 Å². The minimum Gasteiger partial charge on any atom is -0.348 e. The zero-order valence-corrected chi connectivity index (χ0v) is 12.7. The van der Waals surface area contributed by atoms with Gasteiger partial charge in [-0.15, -0.1) is 23.7 Å². The van der Waals surface area contributed by atoms with Gasteiger partial charge in [0.15, 0.2) is 5.69 Å². The summed E-state index contributed by atoms with van der Waals surface area (Å²) < 4.78 is 37.0. The molecular formula is C11H17ClF3N3OS. The minimum atomic E-state index is -4.46. The van der Waals surface area contributed by atoms with Crippen LogP contribution in [0, 0.1) is 0 Å². The van der Waals surface area contributed by atoms with Gasteiger partial charge in [0.1, 0.15) is 5.01 Å². The van der Waals surface area contributed by atoms with Crippen LogP contribution in [0.5, 0.6) is 0 Å². The van der Waals surface area contributed by atoms with Crippen molar-refractivity contribution in [1.29, 1.82) is 0 Å². The van der Waals surface area contributed by atoms with Gasteiger partial charge in [0.05, 0.1) is 12.1 Å². The molecule has 0 aliphatic carbocycles. The SMILES string of the molecule is CCCC(C)(N)C(=O)NCc1nc(C(F)(F)F)cs1.Cl. The van der Waals surface area contributed by atoms with Crippen molar-refractivity contribution in [2.75, 3.05) is 0 Å². The van der Waals surface area contributed by atoms with E-state index in [0.29, 0.717) is 6.42 Å². The van der Waals surface area contributed by atoms with E-state index in [1.54, 1.807) is 6.92 Å². The van der Waals surface area contributed by atoms with Gasteiger partial charge >= 0.3 is 6.18 Å². The molecule has 1 unspecified atom stereocenters. The molecule has 0 radical (unpaired) electrons. The summed E-state index contributed by atoms with van der Waals surface area (Å²) in [6.07, 6.45) is -3.20. The number of aromatic nitrogens is 1. The molecule has 20 heavy (non-hydrogen) atoms. The Balaban J connectivity index is 0.00000361. The van der Waals surface area contributed by atoms with Crippen LogP contribution >= 0.6 is 23.7 Å². The third kappa shape index (κ3) is 5.26. The molecule has 0 spiro atoms. The van der Waals surface area contributed by atoms with Crippen molar-refractivity contribution >= 4 is 29.7 Å². The molecule has 0 saturated heterocycles. The number of thiazole rings is 1. The summed E-state index contributed by atoms with van der Waals surface area (Å²) in [6, 6.07) is 0. The Bertz CT molecular complexity index is 448. The molecule has 116 valence electrons. The Morgan fingerprint density at radius 2 is 2.10 bits per heavy atom. The monoisotopic (exact) mass is 331 g/mol. The normalized spacial score (nSPS) is 14.3. The average Bonchev–Trinajstić information content (AvgIpc) is 2.73. The molecule has 1 amide bonds. The number of nitrogens with one attached hydrogen (secondary N) is 1. The Hall–Kier alpha value is -0.860. The molecule has 0 aliphatic heterocycles. The highest BCUT2D eigenvalue weighted by Crippen LogP contribution is 2.29. The van der Waals surface area contributed by atoms with E-state index in [0.717, 1.165) is 23.1 Å². The molecule has 1 heterocycles. The summed E-state index contributed by atoms with van der Waals surface area (Å²) in [4.78, 5) is 15.2. The van der Waals surface area contributed by atoms with Crippen molar-refractivity contribution in [2.45, 2.75) is 44.9 Å². The van der Waals surface area contributed by atoms with Crippen LogP contribution in [0.4, 0.5) is 13.2 Å². The van der Waals surface area contributed by atoms with Crippen LogP contribution < -0.4 is 11.1 Å². The van der Waals surface area contributed by atoms with E-state index in [9.17, 15) is 18.0 Å². The number of carbonyl (C=O) groups excluding carboxylic acids is 1. The van der Waals surface area contributed by atoms with Crippen LogP contribution in [0.25, 0.3) is 0 Å². The molecule has 9 heteroatoms. The van der Waals surface area contributed by atoms with Gasteiger partial charge in [-0.1, -0.05) is 13.3 Å². The molecule has 0 saturated carbocycles. The predicted octanol–water partition coefficient (Wildman–Crippen LogP) is 2.72. The first-order chi connectivity index (χ1) is 8.66. The molecule has 1 aromatic heterocycles. The topological polar surface area (TPSA) is 68.0 Å². The lowest BCUT2D eigenvalue weighted by atomic mass is 9.97. The molecule has 4 nitrogen and oxygen atoms in total. The highest BCUT2D eigenvalue weighted by atomic mass is 35.5. The van der Waals surface area contributed by atoms with E-state index in [4.69, 9.17) is 5.73 Å². The lowest BCUT2D eigenvalue weighted by Gasteiger charge is -2.22. The molecule has 1 aromatic rings. The van der Waals surface area contributed by atoms with E-state index in [1.807, 2.05) is 6.92 Å². The third-order valence-electron chi connectivity index (χ3n) is 2.53. The first-order valence-corrected chi connectivity index (χ1v) is 6.63. The Morgan fingerprint density at radius 1 is 1.50 bits per heavy atom. The summed E-state index contributed by atoms with van der Waals surface area (Å²) in [5, 5.41) is 3.63. The maximum absolute atomic E-state index is 12.3. The zero-order valence-electron chi connectivity index (χ0n) is 11.1. The van der Waals surface area contributed by atoms with Crippen molar-refractivity contribution in [3.8, 4) is 0 Å². The van der Waals surface area contributed by atoms with Gasteiger partial charge in [-0.3, -0.25) is 4.79 Å². The van der Waals surface area contributed by atoms with Crippen molar-refractivity contribution in [1.82, 2.24) is 10.3 Å². The number of amides is 1. The van der Waals surface area contributed by atoms with E-state index < -0.39 is 23.3 Å². The fraction of sp³-hybridized carbons (Fsp3) is 0.636. The quantitative estimate of drug-likeness (QED) is 0.871. The Morgan fingerprint density at radius 3 is 2.55 bits per heavy atom. The number of hydrogen-bond donors (Lipinski definition) is 2. The molecule has 1 atom stereocenters. The van der Waals surface area contributed by atoms with Gasteiger partial charge in [0.2, 0.25) is 5.91 Å². The van der Waals surface area contributed by atoms with Crippen LogP contribution in [0.3, 0.4) is 0 Å². The van der Waals surface area contributed by atoms with Gasteiger partial charge in [-0.25, -0.2) is 4.98 Å². The average molecular weight is 332 g/mol. The molecule has 3 N–H and O–H groups in total. The highest BCUT2D eigenvalue weighted by molar-refractivity contribution is 7.09. The van der Waals surface area contributed by atoms with Gasteiger partial charge in [-0.05, 0) is 13.3 Å². The van der Waals surface area contributed by atoms with Crippen molar-refractivity contribution in [3.05, 3.63) is 16.1 Å². The van der Waals surface area contributed by atoms with Crippen LogP contribution in [-0.4, -0.2) is 16.4 Å². The third-order valence-corrected chi connectivity index (χ3v) is 3.38. The summed E-state index contributed by atoms with van der Waals surface area (Å²) >= 11 is 0.856. The fourth-order valence-electron chi connectivity index (χ4n) is 1.51. The summed E-state index contributed by atoms with van der Waals surface area (Å²) in [7, 11) is 0. The lowest BCUT2D eigenvalue weighted by Crippen LogP contribution is -2.51. The van der Waals surface area contributed by atoms with Crippen molar-refractivity contribution in [2.24, 2.45) is 5.73 Å². The molecule has 0 aliphatic rings. The number of rotatable bonds is 5. The second-order valence-electron chi connectivity index (χ2n) is 4.47. The number of carbonyl (C=O) groups is 1. The Labute approximate surface area is 125 Å². The van der Waals surface area contributed by atoms with Crippen molar-refractivity contribution in [3.63, 3.8) is 0 Å². The second-order valence-corrected chi connectivity index (χ2v) is 5.42. The van der Waals surface area contributed by atoms with Crippen LogP contribution in [0.15, 0.2) is 5.38 Å². The smallest absolute Gasteiger partial charge is 0.348 e. The highest BCUT2D eigenvalue weighted by Gasteiger charge is 2.34. The maximum Gasteiger partial charge on any atom is 0.434 e. The maximum atomic E-state index is 12.3. The first-order valence-electron chi connectivity index (χ1n) is 5.75. The molecule has 0 fully saturated rings. The lowest BCUT2D eigenvalue weighted by molar-refractivity contribution is -0.140. The minimum absolute atomic E-state index is 0. The van der Waals surface area contributed by atoms with Crippen LogP contribution in [0.2, 0.25) is 0 Å². The van der Waals surface area contributed by atoms with Crippen LogP contribution in [-0.2, 0) is 17.5 Å². The zero-order chi connectivity index (χ0) is 14.7. The number of nitrogens with zero attached hydrogens (tertiary/aromatic N) is 1. The fourth-order valence-corrected chi connectivity index (χ4v) is 2.25. The standard InChI is InChI=1S/C11H16F3N3OS.ClH/c1-3-4-10(2,15)9(18)16-5-8-17-7(6-19-8)11(12,13)14;/h6H,3-5,15H2,1-2H3,(H,16,18);1H. The van der Waals surface area contributed by atoms with Gasteiger partial charge in [0, 0.05) is 5.38 Å². The van der Waals surface area contributed by atoms with Gasteiger partial charge in [0.25, 0.3) is 0 Å². The van der Waals surface area contributed by atoms with E-state index >= 15 is 0 Å². The summed E-state index contributed by atoms with van der Waals surface area (Å²) in [5.41, 5.74) is 3.85. The Kier molecular flexibility index (Phi) is 6.92. The van der Waals surface area contributed by atoms with E-state index in [2.05, 4.69) is 10.3 Å². The predicted molar refractivity (Wildman–Crippen MR) is 73.7 cm³/mol. The number of halogens is 4. The number of nitrogens with two attached hydrogens (primary N) is 1. The molecule has 1 rings (SSSR count). The van der Waals surface area contributed by atoms with E-state index in [-0.39, 0.29) is 24.0 Å². The van der Waals surface area contributed by atoms with Crippen LogP contribution in [0.1, 0.15) is 37.4 Å².